The van der Waals surface area contributed by atoms with E-state index in [4.69, 9.17) is 0 Å². The zero-order chi connectivity index (χ0) is 13.8. The molecular formula is C15H28N2O. The molecule has 0 spiro atoms. The molecule has 0 bridgehead atoms. The number of hydrogen-bond donors (Lipinski definition) is 2. The van der Waals surface area contributed by atoms with Crippen molar-refractivity contribution in [1.82, 2.24) is 10.6 Å². The molecule has 1 aliphatic carbocycles. The highest BCUT2D eigenvalue weighted by Crippen LogP contribution is 2.44. The number of hydrogen-bond acceptors (Lipinski definition) is 2. The van der Waals surface area contributed by atoms with Crippen LogP contribution in [0.4, 0.5) is 0 Å². The summed E-state index contributed by atoms with van der Waals surface area (Å²) >= 11 is 0. The first-order chi connectivity index (χ1) is 8.06. The number of nitrogens with one attached hydrogen (secondary N) is 2. The molecule has 104 valence electrons. The molecule has 4 unspecified atom stereocenters. The maximum atomic E-state index is 12.4. The zero-order valence-corrected chi connectivity index (χ0v) is 12.7. The molecule has 0 aromatic carbocycles. The molecule has 1 amide bonds. The van der Waals surface area contributed by atoms with Crippen molar-refractivity contribution in [1.29, 1.82) is 0 Å². The van der Waals surface area contributed by atoms with Crippen molar-refractivity contribution in [2.24, 2.45) is 11.3 Å². The van der Waals surface area contributed by atoms with Crippen molar-refractivity contribution in [2.75, 3.05) is 0 Å². The van der Waals surface area contributed by atoms with E-state index in [1.54, 1.807) is 0 Å². The Morgan fingerprint density at radius 3 is 2.17 bits per heavy atom. The minimum absolute atomic E-state index is 0.0503. The van der Waals surface area contributed by atoms with Gasteiger partial charge in [-0.15, -0.1) is 0 Å². The summed E-state index contributed by atoms with van der Waals surface area (Å²) in [4.78, 5) is 12.4. The molecule has 0 radical (unpaired) electrons. The quantitative estimate of drug-likeness (QED) is 0.742. The van der Waals surface area contributed by atoms with E-state index in [2.05, 4.69) is 45.3 Å². The summed E-state index contributed by atoms with van der Waals surface area (Å²) in [6.45, 7) is 13.2. The van der Waals surface area contributed by atoms with Crippen LogP contribution in [-0.4, -0.2) is 23.0 Å². The lowest BCUT2D eigenvalue weighted by Gasteiger charge is -2.46. The average molecular weight is 252 g/mol. The fourth-order valence-corrected chi connectivity index (χ4v) is 4.15. The minimum Gasteiger partial charge on any atom is -0.349 e. The van der Waals surface area contributed by atoms with E-state index >= 15 is 0 Å². The second kappa shape index (κ2) is 3.96. The predicted octanol–water partition coefficient (Wildman–Crippen LogP) is 2.46. The van der Waals surface area contributed by atoms with Crippen molar-refractivity contribution in [3.63, 3.8) is 0 Å². The minimum atomic E-state index is -0.339. The van der Waals surface area contributed by atoms with Crippen LogP contribution in [0, 0.1) is 11.3 Å². The summed E-state index contributed by atoms with van der Waals surface area (Å²) in [6.07, 6.45) is 3.41. The Labute approximate surface area is 111 Å². The smallest absolute Gasteiger partial charge is 0.242 e. The normalized spacial score (nSPS) is 46.6. The maximum Gasteiger partial charge on any atom is 0.242 e. The fraction of sp³-hybridized carbons (Fsp3) is 0.933. The molecular weight excluding hydrogens is 224 g/mol. The van der Waals surface area contributed by atoms with Gasteiger partial charge in [-0.05, 0) is 51.4 Å². The Balaban J connectivity index is 2.05. The van der Waals surface area contributed by atoms with Crippen molar-refractivity contribution in [3.05, 3.63) is 0 Å². The van der Waals surface area contributed by atoms with Gasteiger partial charge in [-0.1, -0.05) is 20.8 Å². The highest BCUT2D eigenvalue weighted by atomic mass is 16.2. The number of carbonyl (C=O) groups is 1. The van der Waals surface area contributed by atoms with Crippen LogP contribution in [0.25, 0.3) is 0 Å². The molecule has 2 rings (SSSR count). The van der Waals surface area contributed by atoms with E-state index in [-0.39, 0.29) is 17.0 Å². The second-order valence-corrected chi connectivity index (χ2v) is 7.94. The Bertz CT molecular complexity index is 366. The van der Waals surface area contributed by atoms with Crippen LogP contribution in [0.15, 0.2) is 0 Å². The van der Waals surface area contributed by atoms with Gasteiger partial charge in [0.25, 0.3) is 0 Å². The van der Waals surface area contributed by atoms with Crippen LogP contribution < -0.4 is 10.6 Å². The van der Waals surface area contributed by atoms with Crippen molar-refractivity contribution < 1.29 is 4.79 Å². The second-order valence-electron chi connectivity index (χ2n) is 7.94. The number of amides is 1. The van der Waals surface area contributed by atoms with Gasteiger partial charge in [0, 0.05) is 11.6 Å². The molecule has 1 saturated heterocycles. The van der Waals surface area contributed by atoms with Crippen LogP contribution in [0.1, 0.15) is 60.8 Å². The first-order valence-corrected chi connectivity index (χ1v) is 7.17. The summed E-state index contributed by atoms with van der Waals surface area (Å²) in [5, 5.41) is 6.55. The van der Waals surface area contributed by atoms with Gasteiger partial charge < -0.3 is 5.32 Å². The zero-order valence-electron chi connectivity index (χ0n) is 12.7. The summed E-state index contributed by atoms with van der Waals surface area (Å²) in [5.41, 5.74) is -0.0672. The molecule has 0 aromatic rings. The lowest BCUT2D eigenvalue weighted by Crippen LogP contribution is -2.56. The maximum absolute atomic E-state index is 12.4. The van der Waals surface area contributed by atoms with E-state index in [9.17, 15) is 4.79 Å². The van der Waals surface area contributed by atoms with Crippen LogP contribution in [-0.2, 0) is 4.79 Å². The molecule has 4 atom stereocenters. The van der Waals surface area contributed by atoms with Gasteiger partial charge in [-0.2, -0.15) is 0 Å². The first kappa shape index (κ1) is 13.9. The topological polar surface area (TPSA) is 51.0 Å². The summed E-state index contributed by atoms with van der Waals surface area (Å²) < 4.78 is 0. The van der Waals surface area contributed by atoms with Crippen molar-refractivity contribution >= 4 is 5.91 Å². The third-order valence-electron chi connectivity index (χ3n) is 4.75. The van der Waals surface area contributed by atoms with E-state index < -0.39 is 0 Å². The van der Waals surface area contributed by atoms with Crippen LogP contribution in [0.3, 0.4) is 0 Å². The van der Waals surface area contributed by atoms with Crippen molar-refractivity contribution in [2.45, 2.75) is 77.9 Å². The Morgan fingerprint density at radius 1 is 1.17 bits per heavy atom. The average Bonchev–Trinajstić information content (AvgIpc) is 2.70. The molecule has 3 nitrogen and oxygen atoms in total. The number of rotatable bonds is 2. The molecule has 3 heteroatoms. The molecule has 2 N–H and O–H groups in total. The monoisotopic (exact) mass is 252 g/mol. The van der Waals surface area contributed by atoms with Gasteiger partial charge in [0.15, 0.2) is 0 Å². The third kappa shape index (κ3) is 2.56. The standard InChI is InChI=1S/C15H28N2O/c1-10-7-13(3,4)9-14(5,8-10)17-12(18)15(6)11(2)16-15/h10-11,16H,7-9H2,1-6H3,(H,17,18). The van der Waals surface area contributed by atoms with Crippen LogP contribution in [0.5, 0.6) is 0 Å². The van der Waals surface area contributed by atoms with Gasteiger partial charge in [-0.3, -0.25) is 10.1 Å². The predicted molar refractivity (Wildman–Crippen MR) is 74.3 cm³/mol. The number of carbonyl (C=O) groups excluding carboxylic acids is 1. The van der Waals surface area contributed by atoms with E-state index in [1.807, 2.05) is 6.92 Å². The van der Waals surface area contributed by atoms with Gasteiger partial charge in [0.1, 0.15) is 5.54 Å². The highest BCUT2D eigenvalue weighted by molar-refractivity contribution is 5.90. The lowest BCUT2D eigenvalue weighted by molar-refractivity contribution is -0.126. The third-order valence-corrected chi connectivity index (χ3v) is 4.75. The van der Waals surface area contributed by atoms with Gasteiger partial charge in [0.05, 0.1) is 0 Å². The Hall–Kier alpha value is -0.570. The van der Waals surface area contributed by atoms with Gasteiger partial charge in [0.2, 0.25) is 5.91 Å². The molecule has 2 aliphatic rings. The largest absolute Gasteiger partial charge is 0.349 e. The van der Waals surface area contributed by atoms with Crippen molar-refractivity contribution in [3.8, 4) is 0 Å². The molecule has 1 saturated carbocycles. The molecule has 18 heavy (non-hydrogen) atoms. The van der Waals surface area contributed by atoms with Crippen LogP contribution >= 0.6 is 0 Å². The fourth-order valence-electron chi connectivity index (χ4n) is 4.15. The van der Waals surface area contributed by atoms with E-state index in [1.165, 1.54) is 6.42 Å². The molecule has 2 fully saturated rings. The Morgan fingerprint density at radius 2 is 1.72 bits per heavy atom. The summed E-state index contributed by atoms with van der Waals surface area (Å²) in [7, 11) is 0. The molecule has 1 heterocycles. The van der Waals surface area contributed by atoms with E-state index in [0.29, 0.717) is 17.4 Å². The van der Waals surface area contributed by atoms with Crippen LogP contribution in [0.2, 0.25) is 0 Å². The summed E-state index contributed by atoms with van der Waals surface area (Å²) in [6, 6.07) is 0.301. The van der Waals surface area contributed by atoms with Gasteiger partial charge >= 0.3 is 0 Å². The summed E-state index contributed by atoms with van der Waals surface area (Å²) in [5.74, 6) is 0.846. The first-order valence-electron chi connectivity index (χ1n) is 7.17. The van der Waals surface area contributed by atoms with E-state index in [0.717, 1.165) is 12.8 Å². The SMILES string of the molecule is CC1CC(C)(C)CC(C)(NC(=O)C2(C)NC2C)C1. The lowest BCUT2D eigenvalue weighted by atomic mass is 9.65. The van der Waals surface area contributed by atoms with Gasteiger partial charge in [-0.25, -0.2) is 0 Å². The molecule has 1 aliphatic heterocycles. The Kier molecular flexibility index (Phi) is 3.05. The highest BCUT2D eigenvalue weighted by Gasteiger charge is 2.54. The molecule has 0 aromatic heterocycles.